The Kier molecular flexibility index (Phi) is 2.38. The molecule has 0 atom stereocenters. The van der Waals surface area contributed by atoms with E-state index in [1.54, 1.807) is 24.8 Å². The molecule has 0 aliphatic heterocycles. The second-order valence-electron chi connectivity index (χ2n) is 3.62. The zero-order chi connectivity index (χ0) is 11.5. The van der Waals surface area contributed by atoms with Crippen LogP contribution >= 0.6 is 0 Å². The van der Waals surface area contributed by atoms with Crippen molar-refractivity contribution in [2.24, 2.45) is 0 Å². The van der Waals surface area contributed by atoms with Crippen LogP contribution in [0.25, 0.3) is 22.5 Å². The number of H-pyrrole nitrogens is 1. The lowest BCUT2D eigenvalue weighted by Gasteiger charge is -2.01. The van der Waals surface area contributed by atoms with Gasteiger partial charge in [0.2, 0.25) is 0 Å². The average Bonchev–Trinajstić information content (AvgIpc) is 2.90. The van der Waals surface area contributed by atoms with Gasteiger partial charge < -0.3 is 0 Å². The first-order valence-electron chi connectivity index (χ1n) is 5.30. The molecule has 0 fully saturated rings. The minimum atomic E-state index is 0.820. The molecule has 0 amide bonds. The van der Waals surface area contributed by atoms with Crippen LogP contribution in [0.5, 0.6) is 0 Å². The van der Waals surface area contributed by atoms with Crippen LogP contribution in [0.3, 0.4) is 0 Å². The largest absolute Gasteiger partial charge is 0.277 e. The van der Waals surface area contributed by atoms with Gasteiger partial charge in [0, 0.05) is 23.5 Å². The van der Waals surface area contributed by atoms with Gasteiger partial charge in [-0.15, -0.1) is 0 Å². The van der Waals surface area contributed by atoms with Crippen LogP contribution in [0, 0.1) is 0 Å². The molecule has 82 valence electrons. The van der Waals surface area contributed by atoms with Gasteiger partial charge in [0.15, 0.2) is 0 Å². The second-order valence-corrected chi connectivity index (χ2v) is 3.62. The lowest BCUT2D eigenvalue weighted by Crippen LogP contribution is -1.86. The Balaban J connectivity index is 2.13. The molecule has 2 aromatic heterocycles. The maximum Gasteiger partial charge on any atom is 0.0923 e. The molecular weight excluding hydrogens is 212 g/mol. The summed E-state index contributed by atoms with van der Waals surface area (Å²) in [6.07, 6.45) is 6.84. The van der Waals surface area contributed by atoms with Gasteiger partial charge in [0.25, 0.3) is 0 Å². The Morgan fingerprint density at radius 1 is 0.941 bits per heavy atom. The van der Waals surface area contributed by atoms with Crippen LogP contribution in [-0.2, 0) is 0 Å². The van der Waals surface area contributed by atoms with Gasteiger partial charge in [-0.3, -0.25) is 15.1 Å². The zero-order valence-electron chi connectivity index (χ0n) is 9.04. The highest BCUT2D eigenvalue weighted by Crippen LogP contribution is 2.27. The molecule has 0 saturated carbocycles. The number of benzene rings is 1. The number of rotatable bonds is 2. The van der Waals surface area contributed by atoms with Crippen LogP contribution < -0.4 is 0 Å². The van der Waals surface area contributed by atoms with E-state index in [0.29, 0.717) is 0 Å². The summed E-state index contributed by atoms with van der Waals surface area (Å²) in [6, 6.07) is 10.1. The van der Waals surface area contributed by atoms with Gasteiger partial charge in [-0.1, -0.05) is 30.3 Å². The van der Waals surface area contributed by atoms with E-state index in [2.05, 4.69) is 20.2 Å². The van der Waals surface area contributed by atoms with E-state index in [1.807, 2.05) is 30.3 Å². The molecule has 4 nitrogen and oxygen atoms in total. The third-order valence-electron chi connectivity index (χ3n) is 2.54. The monoisotopic (exact) mass is 222 g/mol. The standard InChI is InChI=1S/C13H10N4/c1-2-4-10(5-3-1)13-11(8-16-17-13)12-9-14-6-7-15-12/h1-9H,(H,16,17). The predicted molar refractivity (Wildman–Crippen MR) is 65.0 cm³/mol. The molecule has 3 aromatic rings. The number of hydrogen-bond acceptors (Lipinski definition) is 3. The number of nitrogens with one attached hydrogen (secondary N) is 1. The number of aromatic nitrogens is 4. The fourth-order valence-electron chi connectivity index (χ4n) is 1.74. The second kappa shape index (κ2) is 4.17. The maximum atomic E-state index is 4.28. The van der Waals surface area contributed by atoms with Gasteiger partial charge >= 0.3 is 0 Å². The quantitative estimate of drug-likeness (QED) is 0.724. The minimum absolute atomic E-state index is 0.820. The van der Waals surface area contributed by atoms with Crippen molar-refractivity contribution in [3.05, 3.63) is 55.1 Å². The van der Waals surface area contributed by atoms with Crippen LogP contribution in [0.2, 0.25) is 0 Å². The van der Waals surface area contributed by atoms with E-state index < -0.39 is 0 Å². The summed E-state index contributed by atoms with van der Waals surface area (Å²) in [5.74, 6) is 0. The fourth-order valence-corrected chi connectivity index (χ4v) is 1.74. The van der Waals surface area contributed by atoms with Gasteiger partial charge in [0.1, 0.15) is 0 Å². The van der Waals surface area contributed by atoms with Gasteiger partial charge in [0.05, 0.1) is 23.8 Å². The molecule has 0 aliphatic rings. The van der Waals surface area contributed by atoms with Crippen molar-refractivity contribution >= 4 is 0 Å². The molecule has 0 spiro atoms. The van der Waals surface area contributed by atoms with E-state index in [4.69, 9.17) is 0 Å². The topological polar surface area (TPSA) is 54.5 Å². The summed E-state index contributed by atoms with van der Waals surface area (Å²) in [6.45, 7) is 0. The summed E-state index contributed by atoms with van der Waals surface area (Å²) in [5, 5.41) is 7.08. The third-order valence-corrected chi connectivity index (χ3v) is 2.54. The maximum absolute atomic E-state index is 4.28. The van der Waals surface area contributed by atoms with Gasteiger partial charge in [-0.2, -0.15) is 5.10 Å². The zero-order valence-corrected chi connectivity index (χ0v) is 9.04. The molecule has 1 N–H and O–H groups in total. The first-order chi connectivity index (χ1) is 8.45. The van der Waals surface area contributed by atoms with Crippen molar-refractivity contribution in [2.45, 2.75) is 0 Å². The summed E-state index contributed by atoms with van der Waals surface area (Å²) < 4.78 is 0. The lowest BCUT2D eigenvalue weighted by molar-refractivity contribution is 1.10. The van der Waals surface area contributed by atoms with E-state index >= 15 is 0 Å². The molecule has 3 rings (SSSR count). The predicted octanol–water partition coefficient (Wildman–Crippen LogP) is 2.53. The van der Waals surface area contributed by atoms with Crippen molar-refractivity contribution in [1.29, 1.82) is 0 Å². The molecule has 2 heterocycles. The highest BCUT2D eigenvalue weighted by atomic mass is 15.1. The summed E-state index contributed by atoms with van der Waals surface area (Å²) in [7, 11) is 0. The summed E-state index contributed by atoms with van der Waals surface area (Å²) >= 11 is 0. The van der Waals surface area contributed by atoms with E-state index in [9.17, 15) is 0 Å². The molecule has 1 aromatic carbocycles. The average molecular weight is 222 g/mol. The lowest BCUT2D eigenvalue weighted by atomic mass is 10.1. The summed E-state index contributed by atoms with van der Waals surface area (Å²) in [5.41, 5.74) is 3.83. The highest BCUT2D eigenvalue weighted by Gasteiger charge is 2.10. The normalized spacial score (nSPS) is 10.4. The van der Waals surface area contributed by atoms with Crippen LogP contribution in [-0.4, -0.2) is 20.2 Å². The molecule has 0 saturated heterocycles. The van der Waals surface area contributed by atoms with Crippen LogP contribution in [0.4, 0.5) is 0 Å². The SMILES string of the molecule is c1ccc(-c2[nH]ncc2-c2cnccn2)cc1. The summed E-state index contributed by atoms with van der Waals surface area (Å²) in [4.78, 5) is 8.36. The van der Waals surface area contributed by atoms with Gasteiger partial charge in [-0.25, -0.2) is 0 Å². The number of hydrogen-bond donors (Lipinski definition) is 1. The molecule has 0 aliphatic carbocycles. The van der Waals surface area contributed by atoms with E-state index in [-0.39, 0.29) is 0 Å². The molecule has 0 bridgehead atoms. The Morgan fingerprint density at radius 3 is 2.59 bits per heavy atom. The van der Waals surface area contributed by atoms with E-state index in [1.165, 1.54) is 0 Å². The number of aromatic amines is 1. The van der Waals surface area contributed by atoms with E-state index in [0.717, 1.165) is 22.5 Å². The Bertz CT molecular complexity index is 548. The van der Waals surface area contributed by atoms with Crippen molar-refractivity contribution in [1.82, 2.24) is 20.2 Å². The van der Waals surface area contributed by atoms with Gasteiger partial charge in [-0.05, 0) is 0 Å². The smallest absolute Gasteiger partial charge is 0.0923 e. The van der Waals surface area contributed by atoms with Crippen molar-refractivity contribution < 1.29 is 0 Å². The number of nitrogens with zero attached hydrogens (tertiary/aromatic N) is 3. The third kappa shape index (κ3) is 1.80. The molecular formula is C13H10N4. The Labute approximate surface area is 98.4 Å². The Morgan fingerprint density at radius 2 is 1.82 bits per heavy atom. The van der Waals surface area contributed by atoms with Crippen molar-refractivity contribution in [2.75, 3.05) is 0 Å². The molecule has 0 radical (unpaired) electrons. The first kappa shape index (κ1) is 9.72. The van der Waals surface area contributed by atoms with Crippen molar-refractivity contribution in [3.63, 3.8) is 0 Å². The molecule has 17 heavy (non-hydrogen) atoms. The van der Waals surface area contributed by atoms with Crippen LogP contribution in [0.15, 0.2) is 55.1 Å². The fraction of sp³-hybridized carbons (Fsp3) is 0. The molecule has 0 unspecified atom stereocenters. The van der Waals surface area contributed by atoms with Crippen molar-refractivity contribution in [3.8, 4) is 22.5 Å². The Hall–Kier alpha value is -2.49. The molecule has 4 heteroatoms. The first-order valence-corrected chi connectivity index (χ1v) is 5.30. The minimum Gasteiger partial charge on any atom is -0.277 e. The van der Waals surface area contributed by atoms with Crippen LogP contribution in [0.1, 0.15) is 0 Å². The highest BCUT2D eigenvalue weighted by molar-refractivity contribution is 5.77.